The highest BCUT2D eigenvalue weighted by Gasteiger charge is 2.38. The molecule has 0 unspecified atom stereocenters. The number of halogens is 2. The van der Waals surface area contributed by atoms with Gasteiger partial charge in [0.2, 0.25) is 0 Å². The zero-order chi connectivity index (χ0) is 17.9. The summed E-state index contributed by atoms with van der Waals surface area (Å²) in [5, 5.41) is 13.6. The van der Waals surface area contributed by atoms with E-state index in [0.717, 1.165) is 18.5 Å². The molecule has 0 radical (unpaired) electrons. The number of benzene rings is 1. The molecule has 0 amide bonds. The molecule has 0 spiro atoms. The number of fused-ring (bicyclic) bond motifs is 1. The number of aryl methyl sites for hydroxylation is 1. The summed E-state index contributed by atoms with van der Waals surface area (Å²) in [6, 6.07) is 5.40. The molecule has 5 nitrogen and oxygen atoms in total. The number of rotatable bonds is 6. The number of carboxylic acids is 1. The molecule has 1 saturated heterocycles. The van der Waals surface area contributed by atoms with Crippen molar-refractivity contribution in [1.29, 1.82) is 0 Å². The van der Waals surface area contributed by atoms with E-state index < -0.39 is 11.4 Å². The van der Waals surface area contributed by atoms with Crippen LogP contribution in [-0.2, 0) is 11.2 Å². The average Bonchev–Trinajstić information content (AvgIpc) is 2.63. The lowest BCUT2D eigenvalue weighted by molar-refractivity contribution is -0.151. The molecule has 1 aromatic heterocycles. The first kappa shape index (κ1) is 20.4. The van der Waals surface area contributed by atoms with Crippen LogP contribution >= 0.6 is 12.4 Å². The van der Waals surface area contributed by atoms with Crippen molar-refractivity contribution in [2.24, 2.45) is 5.41 Å². The number of hydrogen-bond donors (Lipinski definition) is 2. The Morgan fingerprint density at radius 2 is 2.12 bits per heavy atom. The van der Waals surface area contributed by atoms with Crippen LogP contribution in [0, 0.1) is 11.2 Å². The fourth-order valence-electron chi connectivity index (χ4n) is 3.66. The minimum atomic E-state index is -0.740. The number of pyridine rings is 1. The first-order chi connectivity index (χ1) is 12.1. The highest BCUT2D eigenvalue weighted by molar-refractivity contribution is 5.85. The molecule has 2 aromatic rings. The van der Waals surface area contributed by atoms with Gasteiger partial charge in [-0.2, -0.15) is 0 Å². The Kier molecular flexibility index (Phi) is 6.78. The van der Waals surface area contributed by atoms with Crippen LogP contribution in [0.1, 0.15) is 31.2 Å². The SMILES string of the molecule is COc1ccc2ncc(F)c(CCCC3(C(=O)O)CCNCC3)c2c1.Cl. The minimum Gasteiger partial charge on any atom is -0.497 e. The first-order valence-electron chi connectivity index (χ1n) is 8.61. The highest BCUT2D eigenvalue weighted by atomic mass is 35.5. The lowest BCUT2D eigenvalue weighted by Gasteiger charge is -2.33. The summed E-state index contributed by atoms with van der Waals surface area (Å²) in [4.78, 5) is 15.9. The second-order valence-electron chi connectivity index (χ2n) is 6.66. The molecule has 0 atom stereocenters. The molecular weight excluding hydrogens is 359 g/mol. The van der Waals surface area contributed by atoms with Crippen LogP contribution in [0.5, 0.6) is 5.75 Å². The lowest BCUT2D eigenvalue weighted by Crippen LogP contribution is -2.42. The molecule has 2 heterocycles. The molecule has 0 aliphatic carbocycles. The number of hydrogen-bond acceptors (Lipinski definition) is 4. The predicted octanol–water partition coefficient (Wildman–Crippen LogP) is 3.58. The molecule has 1 aliphatic heterocycles. The zero-order valence-corrected chi connectivity index (χ0v) is 15.6. The maximum absolute atomic E-state index is 14.3. The summed E-state index contributed by atoms with van der Waals surface area (Å²) in [5.74, 6) is -0.437. The van der Waals surface area contributed by atoms with Gasteiger partial charge in [-0.05, 0) is 69.0 Å². The van der Waals surface area contributed by atoms with Crippen molar-refractivity contribution in [3.8, 4) is 5.75 Å². The van der Waals surface area contributed by atoms with Crippen LogP contribution in [0.2, 0.25) is 0 Å². The van der Waals surface area contributed by atoms with Crippen LogP contribution in [0.3, 0.4) is 0 Å². The van der Waals surface area contributed by atoms with Crippen molar-refractivity contribution in [3.63, 3.8) is 0 Å². The van der Waals surface area contributed by atoms with Gasteiger partial charge in [-0.3, -0.25) is 9.78 Å². The van der Waals surface area contributed by atoms with Gasteiger partial charge in [0.05, 0.1) is 24.2 Å². The van der Waals surface area contributed by atoms with Gasteiger partial charge in [0.15, 0.2) is 0 Å². The fourth-order valence-corrected chi connectivity index (χ4v) is 3.66. The van der Waals surface area contributed by atoms with Crippen molar-refractivity contribution in [2.75, 3.05) is 20.2 Å². The van der Waals surface area contributed by atoms with Crippen LogP contribution in [-0.4, -0.2) is 36.3 Å². The Balaban J connectivity index is 0.00000243. The molecule has 0 saturated carbocycles. The quantitative estimate of drug-likeness (QED) is 0.799. The second-order valence-corrected chi connectivity index (χ2v) is 6.66. The number of carboxylic acid groups (broad SMARTS) is 1. The summed E-state index contributed by atoms with van der Waals surface area (Å²) in [6.07, 6.45) is 4.14. The van der Waals surface area contributed by atoms with E-state index in [0.29, 0.717) is 48.9 Å². The summed E-state index contributed by atoms with van der Waals surface area (Å²) in [6.45, 7) is 1.44. The number of nitrogens with one attached hydrogen (secondary N) is 1. The van der Waals surface area contributed by atoms with E-state index in [-0.39, 0.29) is 18.2 Å². The first-order valence-corrected chi connectivity index (χ1v) is 8.61. The standard InChI is InChI=1S/C19H23FN2O3.ClH/c1-25-13-4-5-17-15(11-13)14(16(20)12-22-17)3-2-6-19(18(23)24)7-9-21-10-8-19;/h4-5,11-12,21H,2-3,6-10H2,1H3,(H,23,24);1H. The van der Waals surface area contributed by atoms with E-state index in [2.05, 4.69) is 10.3 Å². The number of carbonyl (C=O) groups is 1. The summed E-state index contributed by atoms with van der Waals surface area (Å²) < 4.78 is 19.6. The highest BCUT2D eigenvalue weighted by Crippen LogP contribution is 2.35. The molecule has 0 bridgehead atoms. The van der Waals surface area contributed by atoms with Gasteiger partial charge in [0.25, 0.3) is 0 Å². The third kappa shape index (κ3) is 4.07. The smallest absolute Gasteiger partial charge is 0.309 e. The number of methoxy groups -OCH3 is 1. The second kappa shape index (κ2) is 8.64. The van der Waals surface area contributed by atoms with Gasteiger partial charge in [0.1, 0.15) is 11.6 Å². The van der Waals surface area contributed by atoms with Crippen molar-refractivity contribution >= 4 is 29.3 Å². The van der Waals surface area contributed by atoms with Crippen LogP contribution in [0.4, 0.5) is 4.39 Å². The molecule has 7 heteroatoms. The third-order valence-electron chi connectivity index (χ3n) is 5.23. The van der Waals surface area contributed by atoms with E-state index in [4.69, 9.17) is 4.74 Å². The Morgan fingerprint density at radius 1 is 1.38 bits per heavy atom. The molecule has 2 N–H and O–H groups in total. The number of piperidine rings is 1. The fraction of sp³-hybridized carbons (Fsp3) is 0.474. The number of aromatic nitrogens is 1. The maximum atomic E-state index is 14.3. The Morgan fingerprint density at radius 3 is 2.77 bits per heavy atom. The average molecular weight is 383 g/mol. The Hall–Kier alpha value is -1.92. The molecule has 1 aliphatic rings. The summed E-state index contributed by atoms with van der Waals surface area (Å²) >= 11 is 0. The molecule has 1 aromatic carbocycles. The molecule has 26 heavy (non-hydrogen) atoms. The van der Waals surface area contributed by atoms with Gasteiger partial charge in [-0.1, -0.05) is 0 Å². The number of nitrogens with zero attached hydrogens (tertiary/aromatic N) is 1. The molecule has 1 fully saturated rings. The van der Waals surface area contributed by atoms with Crippen molar-refractivity contribution in [2.45, 2.75) is 32.1 Å². The zero-order valence-electron chi connectivity index (χ0n) is 14.8. The van der Waals surface area contributed by atoms with E-state index in [1.807, 2.05) is 6.07 Å². The van der Waals surface area contributed by atoms with Crippen LogP contribution in [0.15, 0.2) is 24.4 Å². The lowest BCUT2D eigenvalue weighted by atomic mass is 9.75. The van der Waals surface area contributed by atoms with E-state index in [1.54, 1.807) is 19.2 Å². The van der Waals surface area contributed by atoms with Gasteiger partial charge in [-0.15, -0.1) is 12.4 Å². The van der Waals surface area contributed by atoms with Gasteiger partial charge in [-0.25, -0.2) is 4.39 Å². The van der Waals surface area contributed by atoms with E-state index >= 15 is 0 Å². The normalized spacial score (nSPS) is 16.1. The van der Waals surface area contributed by atoms with Crippen molar-refractivity contribution < 1.29 is 19.0 Å². The molecule has 3 rings (SSSR count). The van der Waals surface area contributed by atoms with Crippen LogP contribution in [0.25, 0.3) is 10.9 Å². The minimum absolute atomic E-state index is 0. The van der Waals surface area contributed by atoms with Crippen molar-refractivity contribution in [3.05, 3.63) is 35.8 Å². The number of ether oxygens (including phenoxy) is 1. The number of aliphatic carboxylic acids is 1. The van der Waals surface area contributed by atoms with Crippen molar-refractivity contribution in [1.82, 2.24) is 10.3 Å². The van der Waals surface area contributed by atoms with E-state index in [9.17, 15) is 14.3 Å². The Labute approximate surface area is 158 Å². The summed E-state index contributed by atoms with van der Waals surface area (Å²) in [7, 11) is 1.57. The molecule has 142 valence electrons. The van der Waals surface area contributed by atoms with Gasteiger partial charge >= 0.3 is 5.97 Å². The van der Waals surface area contributed by atoms with E-state index in [1.165, 1.54) is 6.20 Å². The van der Waals surface area contributed by atoms with Crippen LogP contribution < -0.4 is 10.1 Å². The third-order valence-corrected chi connectivity index (χ3v) is 5.23. The van der Waals surface area contributed by atoms with Gasteiger partial charge < -0.3 is 15.2 Å². The van der Waals surface area contributed by atoms with Gasteiger partial charge in [0, 0.05) is 5.39 Å². The predicted molar refractivity (Wildman–Crippen MR) is 101 cm³/mol. The summed E-state index contributed by atoms with van der Waals surface area (Å²) in [5.41, 5.74) is 0.604. The maximum Gasteiger partial charge on any atom is 0.309 e. The molecular formula is C19H24ClFN2O3. The monoisotopic (exact) mass is 382 g/mol. The Bertz CT molecular complexity index is 779. The topological polar surface area (TPSA) is 71.5 Å². The largest absolute Gasteiger partial charge is 0.497 e.